The molecule has 0 spiro atoms. The molecule has 2 aromatic heterocycles. The Labute approximate surface area is 141 Å². The van der Waals surface area contributed by atoms with Crippen molar-refractivity contribution in [2.75, 3.05) is 0 Å². The van der Waals surface area contributed by atoms with Crippen LogP contribution in [0.15, 0.2) is 66.9 Å². The Kier molecular flexibility index (Phi) is 3.53. The van der Waals surface area contributed by atoms with Crippen molar-refractivity contribution in [2.45, 2.75) is 6.18 Å². The van der Waals surface area contributed by atoms with Gasteiger partial charge in [0.15, 0.2) is 0 Å². The van der Waals surface area contributed by atoms with Crippen LogP contribution in [0.2, 0.25) is 0 Å². The zero-order valence-corrected chi connectivity index (χ0v) is 12.9. The van der Waals surface area contributed by atoms with Crippen molar-refractivity contribution in [3.8, 4) is 22.6 Å². The van der Waals surface area contributed by atoms with Gasteiger partial charge in [0.2, 0.25) is 0 Å². The lowest BCUT2D eigenvalue weighted by Gasteiger charge is -2.11. The van der Waals surface area contributed by atoms with Crippen LogP contribution in [-0.2, 0) is 6.18 Å². The van der Waals surface area contributed by atoms with Gasteiger partial charge in [0, 0.05) is 17.3 Å². The normalized spacial score (nSPS) is 11.8. The molecular formula is C19H12F3N3. The number of nitrogens with one attached hydrogen (secondary N) is 1. The summed E-state index contributed by atoms with van der Waals surface area (Å²) in [7, 11) is 0. The molecule has 0 unspecified atom stereocenters. The standard InChI is InChI=1S/C19H12F3N3/c20-19(21,22)14-4-3-11-23-17(14)12-7-9-13(10-8-12)18-24-15-5-1-2-6-16(15)25-18/h1-11H,(H,24,25). The molecule has 0 radical (unpaired) electrons. The maximum absolute atomic E-state index is 13.1. The van der Waals surface area contributed by atoms with Crippen LogP contribution in [0.4, 0.5) is 13.2 Å². The number of aromatic nitrogens is 3. The summed E-state index contributed by atoms with van der Waals surface area (Å²) in [5.74, 6) is 0.671. The average Bonchev–Trinajstić information content (AvgIpc) is 3.05. The molecular weight excluding hydrogens is 327 g/mol. The lowest BCUT2D eigenvalue weighted by molar-refractivity contribution is -0.137. The summed E-state index contributed by atoms with van der Waals surface area (Å²) >= 11 is 0. The van der Waals surface area contributed by atoms with Crippen LogP contribution in [0.25, 0.3) is 33.7 Å². The topological polar surface area (TPSA) is 41.6 Å². The highest BCUT2D eigenvalue weighted by Gasteiger charge is 2.34. The van der Waals surface area contributed by atoms with E-state index in [1.54, 1.807) is 24.3 Å². The van der Waals surface area contributed by atoms with Gasteiger partial charge in [-0.3, -0.25) is 4.98 Å². The van der Waals surface area contributed by atoms with E-state index < -0.39 is 11.7 Å². The van der Waals surface area contributed by atoms with E-state index in [2.05, 4.69) is 15.0 Å². The van der Waals surface area contributed by atoms with Crippen LogP contribution in [0.1, 0.15) is 5.56 Å². The second kappa shape index (κ2) is 5.73. The number of pyridine rings is 1. The minimum absolute atomic E-state index is 0.0776. The maximum Gasteiger partial charge on any atom is 0.418 e. The van der Waals surface area contributed by atoms with Crippen molar-refractivity contribution in [1.82, 2.24) is 15.0 Å². The third-order valence-corrected chi connectivity index (χ3v) is 3.93. The lowest BCUT2D eigenvalue weighted by Crippen LogP contribution is -2.08. The summed E-state index contributed by atoms with van der Waals surface area (Å²) in [5, 5.41) is 0. The second-order valence-corrected chi connectivity index (χ2v) is 5.58. The van der Waals surface area contributed by atoms with Crippen LogP contribution < -0.4 is 0 Å². The fourth-order valence-corrected chi connectivity index (χ4v) is 2.74. The number of alkyl halides is 3. The molecule has 0 aliphatic heterocycles. The summed E-state index contributed by atoms with van der Waals surface area (Å²) in [6, 6.07) is 16.7. The monoisotopic (exact) mass is 339 g/mol. The summed E-state index contributed by atoms with van der Waals surface area (Å²) in [6.45, 7) is 0. The molecule has 2 heterocycles. The molecule has 0 aliphatic rings. The van der Waals surface area contributed by atoms with Gasteiger partial charge >= 0.3 is 6.18 Å². The van der Waals surface area contributed by atoms with Gasteiger partial charge in [-0.2, -0.15) is 13.2 Å². The number of hydrogen-bond donors (Lipinski definition) is 1. The Morgan fingerprint density at radius 1 is 0.800 bits per heavy atom. The molecule has 4 rings (SSSR count). The fraction of sp³-hybridized carbons (Fsp3) is 0.0526. The highest BCUT2D eigenvalue weighted by molar-refractivity contribution is 5.79. The first-order valence-electron chi connectivity index (χ1n) is 7.60. The molecule has 2 aromatic carbocycles. The molecule has 0 saturated heterocycles. The van der Waals surface area contributed by atoms with E-state index >= 15 is 0 Å². The Hall–Kier alpha value is -3.15. The third-order valence-electron chi connectivity index (χ3n) is 3.93. The molecule has 0 saturated carbocycles. The highest BCUT2D eigenvalue weighted by Crippen LogP contribution is 2.36. The van der Waals surface area contributed by atoms with Crippen LogP contribution in [-0.4, -0.2) is 15.0 Å². The first-order chi connectivity index (χ1) is 12.0. The summed E-state index contributed by atoms with van der Waals surface area (Å²) in [6.07, 6.45) is -3.08. The van der Waals surface area contributed by atoms with Crippen molar-refractivity contribution in [2.24, 2.45) is 0 Å². The van der Waals surface area contributed by atoms with Gasteiger partial charge in [0.05, 0.1) is 22.3 Å². The Bertz CT molecular complexity index is 1000. The number of imidazole rings is 1. The third kappa shape index (κ3) is 2.87. The van der Waals surface area contributed by atoms with Crippen molar-refractivity contribution in [3.05, 3.63) is 72.4 Å². The Balaban J connectivity index is 1.74. The Morgan fingerprint density at radius 3 is 2.24 bits per heavy atom. The van der Waals surface area contributed by atoms with Gasteiger partial charge in [-0.25, -0.2) is 4.98 Å². The van der Waals surface area contributed by atoms with Crippen LogP contribution in [0.5, 0.6) is 0 Å². The van der Waals surface area contributed by atoms with E-state index in [4.69, 9.17) is 0 Å². The van der Waals surface area contributed by atoms with E-state index in [0.717, 1.165) is 22.7 Å². The van der Waals surface area contributed by atoms with Gasteiger partial charge in [0.1, 0.15) is 5.82 Å². The minimum atomic E-state index is -4.44. The lowest BCUT2D eigenvalue weighted by atomic mass is 10.0. The van der Waals surface area contributed by atoms with E-state index in [1.807, 2.05) is 24.3 Å². The quantitative estimate of drug-likeness (QED) is 0.538. The molecule has 0 fully saturated rings. The first kappa shape index (κ1) is 15.4. The number of rotatable bonds is 2. The number of fused-ring (bicyclic) bond motifs is 1. The van der Waals surface area contributed by atoms with Crippen LogP contribution in [0, 0.1) is 0 Å². The number of nitrogens with zero attached hydrogens (tertiary/aromatic N) is 2. The molecule has 0 aliphatic carbocycles. The number of H-pyrrole nitrogens is 1. The largest absolute Gasteiger partial charge is 0.418 e. The zero-order chi connectivity index (χ0) is 17.4. The van der Waals surface area contributed by atoms with Gasteiger partial charge in [-0.1, -0.05) is 36.4 Å². The number of hydrogen-bond acceptors (Lipinski definition) is 2. The molecule has 1 N–H and O–H groups in total. The number of aromatic amines is 1. The number of halogens is 3. The van der Waals surface area contributed by atoms with Gasteiger partial charge < -0.3 is 4.98 Å². The number of benzene rings is 2. The van der Waals surface area contributed by atoms with E-state index in [9.17, 15) is 13.2 Å². The fourth-order valence-electron chi connectivity index (χ4n) is 2.74. The van der Waals surface area contributed by atoms with Crippen molar-refractivity contribution >= 4 is 11.0 Å². The highest BCUT2D eigenvalue weighted by atomic mass is 19.4. The molecule has 0 bridgehead atoms. The van der Waals surface area contributed by atoms with E-state index in [0.29, 0.717) is 11.4 Å². The van der Waals surface area contributed by atoms with Crippen molar-refractivity contribution in [1.29, 1.82) is 0 Å². The first-order valence-corrected chi connectivity index (χ1v) is 7.60. The SMILES string of the molecule is FC(F)(F)c1cccnc1-c1ccc(-c2nc3ccccc3[nH]2)cc1. The van der Waals surface area contributed by atoms with Crippen molar-refractivity contribution in [3.63, 3.8) is 0 Å². The summed E-state index contributed by atoms with van der Waals surface area (Å²) < 4.78 is 39.4. The van der Waals surface area contributed by atoms with Crippen LogP contribution >= 0.6 is 0 Å². The zero-order valence-electron chi connectivity index (χ0n) is 12.9. The summed E-state index contributed by atoms with van der Waals surface area (Å²) in [4.78, 5) is 11.6. The average molecular weight is 339 g/mol. The van der Waals surface area contributed by atoms with E-state index in [-0.39, 0.29) is 5.69 Å². The van der Waals surface area contributed by atoms with Gasteiger partial charge in [-0.15, -0.1) is 0 Å². The predicted molar refractivity (Wildman–Crippen MR) is 89.8 cm³/mol. The second-order valence-electron chi connectivity index (χ2n) is 5.58. The molecule has 6 heteroatoms. The smallest absolute Gasteiger partial charge is 0.338 e. The van der Waals surface area contributed by atoms with Crippen LogP contribution in [0.3, 0.4) is 0 Å². The molecule has 124 valence electrons. The molecule has 25 heavy (non-hydrogen) atoms. The minimum Gasteiger partial charge on any atom is -0.338 e. The maximum atomic E-state index is 13.1. The van der Waals surface area contributed by atoms with Crippen molar-refractivity contribution < 1.29 is 13.2 Å². The number of para-hydroxylation sites is 2. The summed E-state index contributed by atoms with van der Waals surface area (Å²) in [5.41, 5.74) is 2.13. The van der Waals surface area contributed by atoms with Gasteiger partial charge in [-0.05, 0) is 24.3 Å². The predicted octanol–water partition coefficient (Wildman–Crippen LogP) is 5.31. The Morgan fingerprint density at radius 2 is 1.52 bits per heavy atom. The molecule has 4 aromatic rings. The molecule has 3 nitrogen and oxygen atoms in total. The van der Waals surface area contributed by atoms with Gasteiger partial charge in [0.25, 0.3) is 0 Å². The molecule has 0 atom stereocenters. The molecule has 0 amide bonds. The van der Waals surface area contributed by atoms with E-state index in [1.165, 1.54) is 12.3 Å².